The zero-order valence-corrected chi connectivity index (χ0v) is 24.2. The summed E-state index contributed by atoms with van der Waals surface area (Å²) in [6.45, 7) is 5.69. The van der Waals surface area contributed by atoms with E-state index in [1.807, 2.05) is 66.1 Å². The van der Waals surface area contributed by atoms with E-state index in [0.717, 1.165) is 32.9 Å². The number of aromatic nitrogens is 3. The first-order valence-electron chi connectivity index (χ1n) is 12.1. The molecule has 0 bridgehead atoms. The van der Waals surface area contributed by atoms with E-state index < -0.39 is 9.76 Å². The number of halogens is 3. The fourth-order valence-electron chi connectivity index (χ4n) is 4.42. The zero-order valence-electron chi connectivity index (χ0n) is 21.1. The molecule has 5 aromatic rings. The fourth-order valence-corrected chi connectivity index (χ4v) is 5.81. The number of benzene rings is 2. The second-order valence-electron chi connectivity index (χ2n) is 8.64. The number of carbonyl (C=O) groups is 1. The van der Waals surface area contributed by atoms with Gasteiger partial charge in [0, 0.05) is 21.8 Å². The highest BCUT2D eigenvalue weighted by atomic mass is 35.6. The van der Waals surface area contributed by atoms with Crippen molar-refractivity contribution in [2.45, 2.75) is 31.0 Å². The van der Waals surface area contributed by atoms with Crippen molar-refractivity contribution in [1.82, 2.24) is 14.7 Å². The van der Waals surface area contributed by atoms with Crippen LogP contribution in [0.1, 0.15) is 40.7 Å². The van der Waals surface area contributed by atoms with Crippen molar-refractivity contribution in [1.29, 1.82) is 0 Å². The fraction of sp³-hybridized carbons (Fsp3) is 0.214. The molecule has 0 saturated heterocycles. The molecule has 0 aliphatic carbocycles. The van der Waals surface area contributed by atoms with Crippen LogP contribution in [0, 0.1) is 6.92 Å². The smallest absolute Gasteiger partial charge is 0.343 e. The summed E-state index contributed by atoms with van der Waals surface area (Å²) in [5.74, 6) is -0.455. The molecule has 3 aromatic heterocycles. The average molecular weight is 603 g/mol. The summed E-state index contributed by atoms with van der Waals surface area (Å²) in [6, 6.07) is 17.2. The number of rotatable bonds is 6. The van der Waals surface area contributed by atoms with Crippen LogP contribution in [-0.2, 0) is 15.0 Å². The van der Waals surface area contributed by atoms with Gasteiger partial charge in [-0.15, -0.1) is 11.3 Å². The number of hydrogen-bond acceptors (Lipinski definition) is 7. The number of carbonyl (C=O) groups excluding carboxylic acids is 1. The molecule has 0 aliphatic rings. The van der Waals surface area contributed by atoms with Crippen molar-refractivity contribution >= 4 is 62.3 Å². The third kappa shape index (κ3) is 5.10. The number of pyridine rings is 1. The van der Waals surface area contributed by atoms with Crippen molar-refractivity contribution in [2.24, 2.45) is 0 Å². The van der Waals surface area contributed by atoms with Crippen LogP contribution in [-0.4, -0.2) is 27.3 Å². The highest BCUT2D eigenvalue weighted by Gasteiger charge is 2.31. The maximum Gasteiger partial charge on any atom is 0.343 e. The lowest BCUT2D eigenvalue weighted by atomic mass is 9.99. The topological polar surface area (TPSA) is 87.2 Å². The lowest BCUT2D eigenvalue weighted by Gasteiger charge is -2.16. The Balaban J connectivity index is 1.63. The van der Waals surface area contributed by atoms with Crippen molar-refractivity contribution in [3.63, 3.8) is 0 Å². The summed E-state index contributed by atoms with van der Waals surface area (Å²) in [7, 11) is 0. The summed E-state index contributed by atoms with van der Waals surface area (Å²) >= 11 is 19.2. The Kier molecular flexibility index (Phi) is 7.57. The maximum atomic E-state index is 13.3. The quantitative estimate of drug-likeness (QED) is 0.147. The molecule has 0 spiro atoms. The van der Waals surface area contributed by atoms with Gasteiger partial charge in [0.05, 0.1) is 12.0 Å². The Morgan fingerprint density at radius 2 is 1.77 bits per heavy atom. The van der Waals surface area contributed by atoms with E-state index in [1.54, 1.807) is 13.8 Å². The Hall–Kier alpha value is -3.17. The van der Waals surface area contributed by atoms with Gasteiger partial charge in [-0.05, 0) is 49.6 Å². The van der Waals surface area contributed by atoms with E-state index in [-0.39, 0.29) is 23.5 Å². The van der Waals surface area contributed by atoms with Gasteiger partial charge < -0.3 is 13.8 Å². The maximum absolute atomic E-state index is 13.3. The van der Waals surface area contributed by atoms with Gasteiger partial charge in [-0.1, -0.05) is 83.3 Å². The van der Waals surface area contributed by atoms with Crippen LogP contribution < -0.4 is 5.43 Å². The molecule has 200 valence electrons. The Bertz CT molecular complexity index is 1750. The highest BCUT2D eigenvalue weighted by molar-refractivity contribution is 7.18. The van der Waals surface area contributed by atoms with E-state index in [1.165, 1.54) is 11.3 Å². The minimum absolute atomic E-state index is 0.0427. The molecule has 39 heavy (non-hydrogen) atoms. The van der Waals surface area contributed by atoms with Crippen molar-refractivity contribution in [2.75, 3.05) is 6.61 Å². The molecule has 0 N–H and O–H groups in total. The van der Waals surface area contributed by atoms with E-state index in [4.69, 9.17) is 44.1 Å². The Morgan fingerprint density at radius 3 is 2.38 bits per heavy atom. The normalized spacial score (nSPS) is 11.7. The molecule has 11 heteroatoms. The summed E-state index contributed by atoms with van der Waals surface area (Å²) in [5.41, 5.74) is 3.48. The third-order valence-electron chi connectivity index (χ3n) is 6.24. The van der Waals surface area contributed by atoms with Gasteiger partial charge in [-0.3, -0.25) is 4.79 Å². The predicted octanol–water partition coefficient (Wildman–Crippen LogP) is 7.64. The minimum atomic E-state index is -1.83. The molecule has 0 amide bonds. The van der Waals surface area contributed by atoms with Gasteiger partial charge in [0.2, 0.25) is 11.3 Å². The van der Waals surface area contributed by atoms with Gasteiger partial charge in [-0.2, -0.15) is 4.98 Å². The average Bonchev–Trinajstić information content (AvgIpc) is 3.58. The van der Waals surface area contributed by atoms with E-state index in [0.29, 0.717) is 22.5 Å². The number of thiophene rings is 1. The van der Waals surface area contributed by atoms with E-state index >= 15 is 0 Å². The first-order valence-corrected chi connectivity index (χ1v) is 14.0. The Morgan fingerprint density at radius 1 is 1.08 bits per heavy atom. The number of ether oxygens (including phenoxy) is 1. The lowest BCUT2D eigenvalue weighted by Crippen LogP contribution is -2.23. The standard InChI is InChI=1S/C28H22Cl3N3O4S/c1-4-18-14-21-23(35)22(26(36)37-5-2)15(3)34(25(21)39-18)17-12-10-16(11-13-17)19-8-6-7-9-20(19)24-32-27(38-33-24)28(29,30)31/h6-14H,4-5H2,1-3H3. The number of aryl methyl sites for hydroxylation is 1. The van der Waals surface area contributed by atoms with Crippen LogP contribution in [0.2, 0.25) is 0 Å². The molecular weight excluding hydrogens is 581 g/mol. The highest BCUT2D eigenvalue weighted by Crippen LogP contribution is 2.39. The number of nitrogens with zero attached hydrogens (tertiary/aromatic N) is 3. The second-order valence-corrected chi connectivity index (χ2v) is 12.0. The molecule has 2 aromatic carbocycles. The van der Waals surface area contributed by atoms with Gasteiger partial charge >= 0.3 is 5.97 Å². The van der Waals surface area contributed by atoms with Gasteiger partial charge in [0.15, 0.2) is 0 Å². The molecule has 0 fully saturated rings. The predicted molar refractivity (Wildman–Crippen MR) is 155 cm³/mol. The molecule has 0 saturated carbocycles. The van der Waals surface area contributed by atoms with Crippen molar-refractivity contribution in [3.8, 4) is 28.2 Å². The van der Waals surface area contributed by atoms with Crippen LogP contribution in [0.4, 0.5) is 0 Å². The van der Waals surface area contributed by atoms with Crippen LogP contribution in [0.3, 0.4) is 0 Å². The van der Waals surface area contributed by atoms with Crippen molar-refractivity contribution < 1.29 is 14.1 Å². The van der Waals surface area contributed by atoms with Gasteiger partial charge in [0.1, 0.15) is 10.4 Å². The largest absolute Gasteiger partial charge is 0.462 e. The first-order chi connectivity index (χ1) is 18.6. The minimum Gasteiger partial charge on any atom is -0.462 e. The Labute approximate surface area is 242 Å². The molecular formula is C28H22Cl3N3O4S. The molecule has 0 unspecified atom stereocenters. The van der Waals surface area contributed by atoms with Gasteiger partial charge in [0.25, 0.3) is 9.68 Å². The number of esters is 1. The molecule has 3 heterocycles. The van der Waals surface area contributed by atoms with Crippen LogP contribution in [0.5, 0.6) is 0 Å². The van der Waals surface area contributed by atoms with E-state index in [9.17, 15) is 9.59 Å². The summed E-state index contributed by atoms with van der Waals surface area (Å²) in [4.78, 5) is 32.2. The molecule has 5 rings (SSSR count). The third-order valence-corrected chi connectivity index (χ3v) is 7.99. The van der Waals surface area contributed by atoms with Crippen LogP contribution >= 0.6 is 46.1 Å². The monoisotopic (exact) mass is 601 g/mol. The zero-order chi connectivity index (χ0) is 27.9. The molecule has 0 atom stereocenters. The van der Waals surface area contributed by atoms with Crippen molar-refractivity contribution in [3.05, 3.63) is 86.8 Å². The van der Waals surface area contributed by atoms with E-state index in [2.05, 4.69) is 10.1 Å². The molecule has 7 nitrogen and oxygen atoms in total. The molecule has 0 radical (unpaired) electrons. The summed E-state index contributed by atoms with van der Waals surface area (Å²) in [5, 5.41) is 4.50. The number of hydrogen-bond donors (Lipinski definition) is 0. The summed E-state index contributed by atoms with van der Waals surface area (Å²) in [6.07, 6.45) is 0.776. The number of fused-ring (bicyclic) bond motifs is 1. The SMILES string of the molecule is CCOC(=O)c1c(C)n(-c2ccc(-c3ccccc3-c3noc(C(Cl)(Cl)Cl)n3)cc2)c2sc(CC)cc2c1=O. The lowest BCUT2D eigenvalue weighted by molar-refractivity contribution is 0.0523. The van der Waals surface area contributed by atoms with Crippen LogP contribution in [0.25, 0.3) is 38.4 Å². The molecule has 0 aliphatic heterocycles. The van der Waals surface area contributed by atoms with Gasteiger partial charge in [-0.25, -0.2) is 4.79 Å². The first kappa shape index (κ1) is 27.4. The number of alkyl halides is 3. The van der Waals surface area contributed by atoms with Crippen LogP contribution in [0.15, 0.2) is 63.9 Å². The summed E-state index contributed by atoms with van der Waals surface area (Å²) < 4.78 is 10.5. The second kappa shape index (κ2) is 10.8.